The highest BCUT2D eigenvalue weighted by atomic mass is 16.6. The molecule has 4 heteroatoms. The molecule has 0 spiro atoms. The van der Waals surface area contributed by atoms with E-state index in [2.05, 4.69) is 11.9 Å². The van der Waals surface area contributed by atoms with Crippen LogP contribution < -0.4 is 0 Å². The van der Waals surface area contributed by atoms with Crippen molar-refractivity contribution in [1.29, 1.82) is 0 Å². The van der Waals surface area contributed by atoms with Gasteiger partial charge in [0.2, 0.25) is 0 Å². The van der Waals surface area contributed by atoms with Gasteiger partial charge in [0, 0.05) is 24.7 Å². The van der Waals surface area contributed by atoms with Crippen LogP contribution >= 0.6 is 0 Å². The van der Waals surface area contributed by atoms with Crippen LogP contribution in [0.3, 0.4) is 0 Å². The van der Waals surface area contributed by atoms with Gasteiger partial charge in [-0.2, -0.15) is 0 Å². The third-order valence-electron chi connectivity index (χ3n) is 5.16. The van der Waals surface area contributed by atoms with Crippen molar-refractivity contribution in [3.63, 3.8) is 0 Å². The van der Waals surface area contributed by atoms with Crippen LogP contribution in [0.25, 0.3) is 0 Å². The standard InChI is InChI=1S/C18H24N2O2/c1-19-12-11-15-6-2-3-8-17(15)18(19)10-9-14-5-4-7-16(13-14)20(21)22/h4-5,7,13,18H,2-3,6,8-12H2,1H3. The second-order valence-corrected chi connectivity index (χ2v) is 6.55. The number of non-ortho nitro benzene ring substituents is 1. The van der Waals surface area contributed by atoms with Crippen LogP contribution in [0.4, 0.5) is 5.69 Å². The second kappa shape index (κ2) is 6.61. The molecule has 22 heavy (non-hydrogen) atoms. The van der Waals surface area contributed by atoms with Gasteiger partial charge in [-0.05, 0) is 57.6 Å². The summed E-state index contributed by atoms with van der Waals surface area (Å²) in [6.07, 6.45) is 8.42. The van der Waals surface area contributed by atoms with Gasteiger partial charge in [-0.15, -0.1) is 0 Å². The van der Waals surface area contributed by atoms with E-state index < -0.39 is 0 Å². The first kappa shape index (κ1) is 15.2. The maximum absolute atomic E-state index is 10.9. The summed E-state index contributed by atoms with van der Waals surface area (Å²) >= 11 is 0. The fourth-order valence-electron chi connectivity index (χ4n) is 3.94. The normalized spacial score (nSPS) is 22.5. The summed E-state index contributed by atoms with van der Waals surface area (Å²) in [5, 5.41) is 10.9. The summed E-state index contributed by atoms with van der Waals surface area (Å²) in [4.78, 5) is 13.1. The van der Waals surface area contributed by atoms with Crippen LogP contribution in [0.2, 0.25) is 0 Å². The van der Waals surface area contributed by atoms with Gasteiger partial charge in [-0.25, -0.2) is 0 Å². The quantitative estimate of drug-likeness (QED) is 0.478. The molecule has 2 aliphatic rings. The lowest BCUT2D eigenvalue weighted by atomic mass is 9.81. The highest BCUT2D eigenvalue weighted by molar-refractivity contribution is 5.34. The number of benzene rings is 1. The van der Waals surface area contributed by atoms with Crippen molar-refractivity contribution in [3.8, 4) is 0 Å². The SMILES string of the molecule is CN1CCC2=C(CCCC2)C1CCc1cccc([N+](=O)[O-])c1. The van der Waals surface area contributed by atoms with Crippen molar-refractivity contribution >= 4 is 5.69 Å². The summed E-state index contributed by atoms with van der Waals surface area (Å²) in [5.41, 5.74) is 4.65. The van der Waals surface area contributed by atoms with Crippen molar-refractivity contribution in [1.82, 2.24) is 4.90 Å². The average molecular weight is 300 g/mol. The Morgan fingerprint density at radius 3 is 2.91 bits per heavy atom. The van der Waals surface area contributed by atoms with E-state index in [1.54, 1.807) is 29.3 Å². The second-order valence-electron chi connectivity index (χ2n) is 6.55. The molecule has 0 saturated heterocycles. The molecule has 1 aromatic carbocycles. The zero-order valence-corrected chi connectivity index (χ0v) is 13.3. The summed E-state index contributed by atoms with van der Waals surface area (Å²) < 4.78 is 0. The summed E-state index contributed by atoms with van der Waals surface area (Å²) in [6.45, 7) is 1.15. The number of nitro benzene ring substituents is 1. The Balaban J connectivity index is 1.72. The molecule has 0 aromatic heterocycles. The van der Waals surface area contributed by atoms with Crippen LogP contribution in [0, 0.1) is 10.1 Å². The highest BCUT2D eigenvalue weighted by Gasteiger charge is 2.28. The van der Waals surface area contributed by atoms with Gasteiger partial charge in [0.25, 0.3) is 5.69 Å². The number of nitrogens with zero attached hydrogens (tertiary/aromatic N) is 2. The van der Waals surface area contributed by atoms with Crippen LogP contribution in [0.1, 0.15) is 44.1 Å². The van der Waals surface area contributed by atoms with Gasteiger partial charge in [-0.1, -0.05) is 23.3 Å². The Morgan fingerprint density at radius 2 is 2.09 bits per heavy atom. The maximum atomic E-state index is 10.9. The molecule has 3 rings (SSSR count). The predicted molar refractivity (Wildman–Crippen MR) is 87.9 cm³/mol. The van der Waals surface area contributed by atoms with Gasteiger partial charge in [0.05, 0.1) is 4.92 Å². The summed E-state index contributed by atoms with van der Waals surface area (Å²) in [7, 11) is 2.22. The number of hydrogen-bond donors (Lipinski definition) is 0. The fourth-order valence-corrected chi connectivity index (χ4v) is 3.94. The average Bonchev–Trinajstić information content (AvgIpc) is 2.54. The minimum atomic E-state index is -0.308. The third-order valence-corrected chi connectivity index (χ3v) is 5.16. The monoisotopic (exact) mass is 300 g/mol. The highest BCUT2D eigenvalue weighted by Crippen LogP contribution is 2.36. The van der Waals surface area contributed by atoms with Gasteiger partial charge in [0.1, 0.15) is 0 Å². The molecule has 1 heterocycles. The Hall–Kier alpha value is -1.68. The molecule has 1 atom stereocenters. The number of hydrogen-bond acceptors (Lipinski definition) is 3. The predicted octanol–water partition coefficient (Wildman–Crippen LogP) is 4.10. The lowest BCUT2D eigenvalue weighted by molar-refractivity contribution is -0.384. The van der Waals surface area contributed by atoms with E-state index in [9.17, 15) is 10.1 Å². The molecular weight excluding hydrogens is 276 g/mol. The molecule has 0 fully saturated rings. The van der Waals surface area contributed by atoms with E-state index in [-0.39, 0.29) is 10.6 Å². The zero-order chi connectivity index (χ0) is 15.5. The van der Waals surface area contributed by atoms with E-state index in [0.29, 0.717) is 6.04 Å². The molecule has 0 radical (unpaired) electrons. The maximum Gasteiger partial charge on any atom is 0.269 e. The van der Waals surface area contributed by atoms with Crippen molar-refractivity contribution in [2.24, 2.45) is 0 Å². The minimum Gasteiger partial charge on any atom is -0.299 e. The number of aryl methyl sites for hydroxylation is 1. The Bertz CT molecular complexity index is 595. The van der Waals surface area contributed by atoms with Crippen molar-refractivity contribution in [3.05, 3.63) is 51.1 Å². The summed E-state index contributed by atoms with van der Waals surface area (Å²) in [5.74, 6) is 0. The molecule has 0 saturated carbocycles. The van der Waals surface area contributed by atoms with Gasteiger partial charge < -0.3 is 0 Å². The number of nitro groups is 1. The molecule has 1 unspecified atom stereocenters. The largest absolute Gasteiger partial charge is 0.299 e. The molecule has 118 valence electrons. The van der Waals surface area contributed by atoms with Gasteiger partial charge >= 0.3 is 0 Å². The van der Waals surface area contributed by atoms with E-state index in [4.69, 9.17) is 0 Å². The van der Waals surface area contributed by atoms with Crippen LogP contribution in [-0.4, -0.2) is 29.5 Å². The zero-order valence-electron chi connectivity index (χ0n) is 13.3. The Kier molecular flexibility index (Phi) is 4.57. The number of likely N-dealkylation sites (N-methyl/N-ethyl adjacent to an activating group) is 1. The molecular formula is C18H24N2O2. The van der Waals surface area contributed by atoms with Crippen LogP contribution in [0.15, 0.2) is 35.4 Å². The molecule has 1 aromatic rings. The topological polar surface area (TPSA) is 46.4 Å². The molecule has 0 N–H and O–H groups in total. The molecule has 1 aliphatic heterocycles. The van der Waals surface area contributed by atoms with Gasteiger partial charge in [-0.3, -0.25) is 15.0 Å². The fraction of sp³-hybridized carbons (Fsp3) is 0.556. The Morgan fingerprint density at radius 1 is 1.27 bits per heavy atom. The van der Waals surface area contributed by atoms with Crippen molar-refractivity contribution in [2.45, 2.75) is 51.0 Å². The smallest absolute Gasteiger partial charge is 0.269 e. The van der Waals surface area contributed by atoms with Crippen molar-refractivity contribution < 1.29 is 4.92 Å². The number of rotatable bonds is 4. The third kappa shape index (κ3) is 3.22. The first-order valence-electron chi connectivity index (χ1n) is 8.29. The van der Waals surface area contributed by atoms with Gasteiger partial charge in [0.15, 0.2) is 0 Å². The van der Waals surface area contributed by atoms with E-state index in [1.807, 2.05) is 6.07 Å². The molecule has 4 nitrogen and oxygen atoms in total. The van der Waals surface area contributed by atoms with E-state index in [0.717, 1.165) is 24.9 Å². The molecule has 0 bridgehead atoms. The molecule has 1 aliphatic carbocycles. The Labute approximate surface area is 132 Å². The van der Waals surface area contributed by atoms with Crippen LogP contribution in [-0.2, 0) is 6.42 Å². The lowest BCUT2D eigenvalue weighted by Crippen LogP contribution is -2.39. The minimum absolute atomic E-state index is 0.201. The van der Waals surface area contributed by atoms with E-state index >= 15 is 0 Å². The first-order chi connectivity index (χ1) is 10.6. The van der Waals surface area contributed by atoms with Crippen molar-refractivity contribution in [2.75, 3.05) is 13.6 Å². The van der Waals surface area contributed by atoms with Crippen LogP contribution in [0.5, 0.6) is 0 Å². The molecule has 0 amide bonds. The first-order valence-corrected chi connectivity index (χ1v) is 8.29. The lowest BCUT2D eigenvalue weighted by Gasteiger charge is -2.39. The summed E-state index contributed by atoms with van der Waals surface area (Å²) in [6, 6.07) is 7.62. The van der Waals surface area contributed by atoms with E-state index in [1.165, 1.54) is 32.1 Å².